The van der Waals surface area contributed by atoms with Gasteiger partial charge in [-0.2, -0.15) is 0 Å². The number of benzene rings is 2. The van der Waals surface area contributed by atoms with Gasteiger partial charge in [-0.3, -0.25) is 0 Å². The number of rotatable bonds is 6. The first-order valence-electron chi connectivity index (χ1n) is 7.49. The molecule has 2 rings (SSSR count). The normalized spacial score (nSPS) is 11.5. The Balaban J connectivity index is 1.96. The summed E-state index contributed by atoms with van der Waals surface area (Å²) < 4.78 is 0. The van der Waals surface area contributed by atoms with Crippen molar-refractivity contribution >= 4 is 17.7 Å². The number of hydrogen-bond donors (Lipinski definition) is 2. The van der Waals surface area contributed by atoms with Crippen molar-refractivity contribution in [2.45, 2.75) is 25.8 Å². The van der Waals surface area contributed by atoms with Gasteiger partial charge in [0.05, 0.1) is 12.0 Å². The molecule has 0 spiro atoms. The van der Waals surface area contributed by atoms with Crippen LogP contribution in [0.1, 0.15) is 18.1 Å². The van der Waals surface area contributed by atoms with Gasteiger partial charge in [0.1, 0.15) is 0 Å². The molecule has 0 radical (unpaired) electrons. The van der Waals surface area contributed by atoms with E-state index in [1.807, 2.05) is 37.3 Å². The first kappa shape index (κ1) is 16.5. The molecule has 0 aliphatic rings. The van der Waals surface area contributed by atoms with Crippen LogP contribution >= 0.6 is 0 Å². The standard InChI is InChI=1S/C18H20N2O3/c1-2-13-8-10-15(11-9-13)19-18(23)20-16(17(21)22)12-14-6-4-3-5-7-14/h3-11,16H,2,12H2,1H3,(H,21,22)(H2,19,20,23)/p-1/t16-/m0/s1. The molecule has 0 unspecified atom stereocenters. The fourth-order valence-corrected chi connectivity index (χ4v) is 2.19. The molecule has 2 amide bonds. The zero-order valence-corrected chi connectivity index (χ0v) is 12.9. The van der Waals surface area contributed by atoms with Gasteiger partial charge in [0.2, 0.25) is 0 Å². The third-order valence-corrected chi connectivity index (χ3v) is 3.49. The number of carboxylic acid groups (broad SMARTS) is 1. The van der Waals surface area contributed by atoms with Gasteiger partial charge in [-0.1, -0.05) is 49.4 Å². The molecular formula is C18H19N2O3-. The highest BCUT2D eigenvalue weighted by atomic mass is 16.4. The number of aliphatic carboxylic acids is 1. The Morgan fingerprint density at radius 1 is 1.00 bits per heavy atom. The molecule has 5 heteroatoms. The second-order valence-electron chi connectivity index (χ2n) is 5.21. The predicted octanol–water partition coefficient (Wildman–Crippen LogP) is 1.73. The fraction of sp³-hybridized carbons (Fsp3) is 0.222. The summed E-state index contributed by atoms with van der Waals surface area (Å²) in [5, 5.41) is 16.3. The summed E-state index contributed by atoms with van der Waals surface area (Å²) in [6, 6.07) is 14.8. The first-order chi connectivity index (χ1) is 11.1. The summed E-state index contributed by atoms with van der Waals surface area (Å²) in [5.41, 5.74) is 2.58. The average Bonchev–Trinajstić information content (AvgIpc) is 2.56. The van der Waals surface area contributed by atoms with Gasteiger partial charge in [0.25, 0.3) is 0 Å². The van der Waals surface area contributed by atoms with Crippen LogP contribution in [-0.4, -0.2) is 18.0 Å². The number of carboxylic acids is 1. The Morgan fingerprint density at radius 3 is 2.22 bits per heavy atom. The van der Waals surface area contributed by atoms with E-state index in [0.717, 1.165) is 17.5 Å². The molecule has 0 aliphatic carbocycles. The molecule has 2 aromatic rings. The minimum Gasteiger partial charge on any atom is -0.548 e. The minimum absolute atomic E-state index is 0.172. The highest BCUT2D eigenvalue weighted by molar-refractivity contribution is 5.92. The molecule has 2 aromatic carbocycles. The van der Waals surface area contributed by atoms with E-state index in [4.69, 9.17) is 0 Å². The molecule has 0 aliphatic heterocycles. The van der Waals surface area contributed by atoms with Crippen molar-refractivity contribution in [1.82, 2.24) is 5.32 Å². The van der Waals surface area contributed by atoms with E-state index in [1.165, 1.54) is 0 Å². The van der Waals surface area contributed by atoms with E-state index < -0.39 is 18.0 Å². The van der Waals surface area contributed by atoms with Gasteiger partial charge in [-0.05, 0) is 36.1 Å². The van der Waals surface area contributed by atoms with Crippen LogP contribution in [0.2, 0.25) is 0 Å². The number of anilines is 1. The molecule has 0 fully saturated rings. The van der Waals surface area contributed by atoms with Crippen molar-refractivity contribution < 1.29 is 14.7 Å². The summed E-state index contributed by atoms with van der Waals surface area (Å²) in [7, 11) is 0. The summed E-state index contributed by atoms with van der Waals surface area (Å²) in [6.45, 7) is 2.04. The summed E-state index contributed by atoms with van der Waals surface area (Å²) in [4.78, 5) is 23.2. The lowest BCUT2D eigenvalue weighted by Gasteiger charge is -2.20. The number of hydrogen-bond acceptors (Lipinski definition) is 3. The Bertz CT molecular complexity index is 654. The lowest BCUT2D eigenvalue weighted by atomic mass is 10.1. The van der Waals surface area contributed by atoms with Gasteiger partial charge in [-0.15, -0.1) is 0 Å². The molecule has 0 heterocycles. The van der Waals surface area contributed by atoms with Gasteiger partial charge in [-0.25, -0.2) is 4.79 Å². The number of carbonyl (C=O) groups is 2. The minimum atomic E-state index is -1.31. The molecule has 0 aromatic heterocycles. The van der Waals surface area contributed by atoms with E-state index in [9.17, 15) is 14.7 Å². The molecule has 2 N–H and O–H groups in total. The van der Waals surface area contributed by atoms with Crippen LogP contribution in [0.5, 0.6) is 0 Å². The topological polar surface area (TPSA) is 81.3 Å². The lowest BCUT2D eigenvalue weighted by molar-refractivity contribution is -0.308. The van der Waals surface area contributed by atoms with Crippen LogP contribution in [0.15, 0.2) is 54.6 Å². The van der Waals surface area contributed by atoms with Crippen LogP contribution < -0.4 is 15.7 Å². The maximum atomic E-state index is 12.0. The highest BCUT2D eigenvalue weighted by Gasteiger charge is 2.14. The number of urea groups is 1. The van der Waals surface area contributed by atoms with Gasteiger partial charge in [0.15, 0.2) is 0 Å². The van der Waals surface area contributed by atoms with Gasteiger partial charge >= 0.3 is 6.03 Å². The summed E-state index contributed by atoms with van der Waals surface area (Å²) >= 11 is 0. The number of amides is 2. The third-order valence-electron chi connectivity index (χ3n) is 3.49. The monoisotopic (exact) mass is 311 g/mol. The van der Waals surface area contributed by atoms with E-state index in [0.29, 0.717) is 5.69 Å². The largest absolute Gasteiger partial charge is 0.548 e. The van der Waals surface area contributed by atoms with Crippen LogP contribution in [-0.2, 0) is 17.6 Å². The van der Waals surface area contributed by atoms with Gasteiger partial charge in [0, 0.05) is 5.69 Å². The molecule has 23 heavy (non-hydrogen) atoms. The van der Waals surface area contributed by atoms with Crippen molar-refractivity contribution in [3.05, 3.63) is 65.7 Å². The maximum absolute atomic E-state index is 12.0. The van der Waals surface area contributed by atoms with E-state index in [2.05, 4.69) is 10.6 Å². The second kappa shape index (κ2) is 7.98. The first-order valence-corrected chi connectivity index (χ1v) is 7.49. The zero-order valence-electron chi connectivity index (χ0n) is 12.9. The van der Waals surface area contributed by atoms with Crippen molar-refractivity contribution in [2.24, 2.45) is 0 Å². The van der Waals surface area contributed by atoms with E-state index in [1.54, 1.807) is 24.3 Å². The Hall–Kier alpha value is -2.82. The number of aryl methyl sites for hydroxylation is 1. The van der Waals surface area contributed by atoms with Gasteiger partial charge < -0.3 is 20.5 Å². The third kappa shape index (κ3) is 5.14. The lowest BCUT2D eigenvalue weighted by Crippen LogP contribution is -2.50. The number of carbonyl (C=O) groups excluding carboxylic acids is 2. The van der Waals surface area contributed by atoms with E-state index in [-0.39, 0.29) is 6.42 Å². The SMILES string of the molecule is CCc1ccc(NC(=O)N[C@@H](Cc2ccccc2)C(=O)[O-])cc1. The fourth-order valence-electron chi connectivity index (χ4n) is 2.19. The molecular weight excluding hydrogens is 292 g/mol. The summed E-state index contributed by atoms with van der Waals surface area (Å²) in [5.74, 6) is -1.31. The molecule has 0 saturated heterocycles. The molecule has 120 valence electrons. The van der Waals surface area contributed by atoms with Crippen LogP contribution in [0.25, 0.3) is 0 Å². The Kier molecular flexibility index (Phi) is 5.74. The van der Waals surface area contributed by atoms with Crippen molar-refractivity contribution in [3.63, 3.8) is 0 Å². The smallest absolute Gasteiger partial charge is 0.319 e. The molecule has 0 saturated carbocycles. The highest BCUT2D eigenvalue weighted by Crippen LogP contribution is 2.10. The number of nitrogens with one attached hydrogen (secondary N) is 2. The second-order valence-corrected chi connectivity index (χ2v) is 5.21. The van der Waals surface area contributed by atoms with E-state index >= 15 is 0 Å². The van der Waals surface area contributed by atoms with Crippen LogP contribution in [0, 0.1) is 0 Å². The predicted molar refractivity (Wildman–Crippen MR) is 86.9 cm³/mol. The van der Waals surface area contributed by atoms with Crippen molar-refractivity contribution in [3.8, 4) is 0 Å². The quantitative estimate of drug-likeness (QED) is 0.852. The Morgan fingerprint density at radius 2 is 1.65 bits per heavy atom. The van der Waals surface area contributed by atoms with Crippen molar-refractivity contribution in [1.29, 1.82) is 0 Å². The van der Waals surface area contributed by atoms with Crippen molar-refractivity contribution in [2.75, 3.05) is 5.32 Å². The zero-order chi connectivity index (χ0) is 16.7. The Labute approximate surface area is 135 Å². The molecule has 5 nitrogen and oxygen atoms in total. The molecule has 0 bridgehead atoms. The average molecular weight is 311 g/mol. The molecule has 1 atom stereocenters. The summed E-state index contributed by atoms with van der Waals surface area (Å²) in [6.07, 6.45) is 1.08. The van der Waals surface area contributed by atoms with Crippen LogP contribution in [0.4, 0.5) is 10.5 Å². The maximum Gasteiger partial charge on any atom is 0.319 e. The van der Waals surface area contributed by atoms with Crippen LogP contribution in [0.3, 0.4) is 0 Å².